The monoisotopic (exact) mass is 187 g/mol. The smallest absolute Gasteiger partial charge is 0.143 e. The van der Waals surface area contributed by atoms with Crippen molar-refractivity contribution in [3.63, 3.8) is 0 Å². The minimum Gasteiger partial charge on any atom is -0.181 e. The Bertz CT molecular complexity index is 240. The molecule has 1 saturated carbocycles. The van der Waals surface area contributed by atoms with Crippen molar-refractivity contribution in [1.29, 1.82) is 0 Å². The zero-order valence-electron chi connectivity index (χ0n) is 6.22. The summed E-state index contributed by atoms with van der Waals surface area (Å²) in [6.07, 6.45) is 5.41. The first-order valence-corrected chi connectivity index (χ1v) is 5.13. The number of rotatable bonds is 1. The zero-order valence-corrected chi connectivity index (χ0v) is 7.79. The van der Waals surface area contributed by atoms with Crippen molar-refractivity contribution >= 4 is 23.1 Å². The quantitative estimate of drug-likeness (QED) is 0.656. The van der Waals surface area contributed by atoms with Crippen LogP contribution in [0.2, 0.25) is 5.15 Å². The molecule has 1 fully saturated rings. The van der Waals surface area contributed by atoms with Gasteiger partial charge in [-0.05, 0) is 36.4 Å². The second-order valence-electron chi connectivity index (χ2n) is 3.03. The largest absolute Gasteiger partial charge is 0.181 e. The Kier molecular flexibility index (Phi) is 2.14. The highest BCUT2D eigenvalue weighted by molar-refractivity contribution is 7.06. The van der Waals surface area contributed by atoms with Gasteiger partial charge in [0.25, 0.3) is 0 Å². The van der Waals surface area contributed by atoms with Crippen molar-refractivity contribution in [3.8, 4) is 0 Å². The highest BCUT2D eigenvalue weighted by Gasteiger charge is 2.18. The maximum atomic E-state index is 5.74. The zero-order chi connectivity index (χ0) is 7.68. The number of hydrogen-bond acceptors (Lipinski definition) is 2. The van der Waals surface area contributed by atoms with Crippen LogP contribution in [0.1, 0.15) is 36.5 Å². The van der Waals surface area contributed by atoms with Crippen LogP contribution < -0.4 is 0 Å². The first kappa shape index (κ1) is 7.56. The van der Waals surface area contributed by atoms with Crippen LogP contribution in [0.5, 0.6) is 0 Å². The summed E-state index contributed by atoms with van der Waals surface area (Å²) in [5.74, 6) is 0.764. The highest BCUT2D eigenvalue weighted by Crippen LogP contribution is 2.36. The third kappa shape index (κ3) is 1.57. The summed E-state index contributed by atoms with van der Waals surface area (Å²) in [7, 11) is 0. The van der Waals surface area contributed by atoms with Gasteiger partial charge in [0.15, 0.2) is 0 Å². The molecule has 2 rings (SSSR count). The van der Waals surface area contributed by atoms with Gasteiger partial charge in [0.1, 0.15) is 5.15 Å². The van der Waals surface area contributed by atoms with Crippen molar-refractivity contribution in [3.05, 3.63) is 16.1 Å². The van der Waals surface area contributed by atoms with Gasteiger partial charge in [-0.25, -0.2) is 0 Å². The van der Waals surface area contributed by atoms with E-state index < -0.39 is 0 Å². The number of nitrogens with zero attached hydrogens (tertiary/aromatic N) is 1. The van der Waals surface area contributed by atoms with Gasteiger partial charge in [-0.3, -0.25) is 0 Å². The van der Waals surface area contributed by atoms with E-state index in [0.717, 1.165) is 5.92 Å². The fraction of sp³-hybridized carbons (Fsp3) is 0.625. The van der Waals surface area contributed by atoms with Gasteiger partial charge in [0.2, 0.25) is 0 Å². The van der Waals surface area contributed by atoms with Gasteiger partial charge in [0.05, 0.1) is 0 Å². The fourth-order valence-electron chi connectivity index (χ4n) is 1.67. The van der Waals surface area contributed by atoms with E-state index in [1.807, 2.05) is 6.07 Å². The van der Waals surface area contributed by atoms with E-state index >= 15 is 0 Å². The third-order valence-corrected chi connectivity index (χ3v) is 3.50. The van der Waals surface area contributed by atoms with Crippen LogP contribution >= 0.6 is 23.1 Å². The number of aromatic nitrogens is 1. The molecular weight excluding hydrogens is 178 g/mol. The molecule has 0 N–H and O–H groups in total. The minimum atomic E-state index is 0.664. The van der Waals surface area contributed by atoms with Crippen LogP contribution in [0.25, 0.3) is 0 Å². The van der Waals surface area contributed by atoms with Crippen molar-refractivity contribution in [1.82, 2.24) is 4.37 Å². The molecule has 11 heavy (non-hydrogen) atoms. The van der Waals surface area contributed by atoms with Gasteiger partial charge in [-0.15, -0.1) is 0 Å². The summed E-state index contributed by atoms with van der Waals surface area (Å²) >= 11 is 7.30. The summed E-state index contributed by atoms with van der Waals surface area (Å²) in [5.41, 5.74) is 0. The summed E-state index contributed by atoms with van der Waals surface area (Å²) in [4.78, 5) is 1.38. The van der Waals surface area contributed by atoms with E-state index in [4.69, 9.17) is 11.6 Å². The summed E-state index contributed by atoms with van der Waals surface area (Å²) in [6.45, 7) is 0. The third-order valence-electron chi connectivity index (χ3n) is 2.26. The van der Waals surface area contributed by atoms with Crippen molar-refractivity contribution in [2.24, 2.45) is 0 Å². The Morgan fingerprint density at radius 2 is 2.18 bits per heavy atom. The lowest BCUT2D eigenvalue weighted by molar-refractivity contribution is 0.738. The Labute approximate surface area is 75.6 Å². The first-order valence-electron chi connectivity index (χ1n) is 3.98. The average molecular weight is 188 g/mol. The van der Waals surface area contributed by atoms with Gasteiger partial charge in [-0.2, -0.15) is 4.37 Å². The molecule has 1 aliphatic carbocycles. The van der Waals surface area contributed by atoms with Gasteiger partial charge in [-0.1, -0.05) is 24.4 Å². The summed E-state index contributed by atoms with van der Waals surface area (Å²) in [5, 5.41) is 0.664. The molecule has 0 bridgehead atoms. The normalized spacial score (nSPS) is 19.4. The maximum absolute atomic E-state index is 5.74. The van der Waals surface area contributed by atoms with Crippen LogP contribution in [0.4, 0.5) is 0 Å². The highest BCUT2D eigenvalue weighted by atomic mass is 35.5. The molecule has 60 valence electrons. The first-order chi connectivity index (χ1) is 5.36. The lowest BCUT2D eigenvalue weighted by Gasteiger charge is -2.01. The topological polar surface area (TPSA) is 12.9 Å². The van der Waals surface area contributed by atoms with E-state index in [2.05, 4.69) is 4.37 Å². The van der Waals surface area contributed by atoms with Crippen molar-refractivity contribution in [2.45, 2.75) is 31.6 Å². The molecule has 0 unspecified atom stereocenters. The molecule has 0 aromatic carbocycles. The minimum absolute atomic E-state index is 0.664. The molecule has 0 aliphatic heterocycles. The molecule has 1 aromatic heterocycles. The SMILES string of the molecule is Clc1cc(C2CCCC2)sn1. The van der Waals surface area contributed by atoms with Gasteiger partial charge in [0, 0.05) is 4.88 Å². The van der Waals surface area contributed by atoms with Crippen LogP contribution in [-0.4, -0.2) is 4.37 Å². The molecule has 0 spiro atoms. The Morgan fingerprint density at radius 1 is 1.45 bits per heavy atom. The van der Waals surface area contributed by atoms with Gasteiger partial charge >= 0.3 is 0 Å². The molecule has 0 amide bonds. The Hall–Kier alpha value is -0.0800. The second kappa shape index (κ2) is 3.11. The van der Waals surface area contributed by atoms with Crippen molar-refractivity contribution in [2.75, 3.05) is 0 Å². The van der Waals surface area contributed by atoms with Crippen LogP contribution in [-0.2, 0) is 0 Å². The van der Waals surface area contributed by atoms with Crippen LogP contribution in [0, 0.1) is 0 Å². The van der Waals surface area contributed by atoms with E-state index in [0.29, 0.717) is 5.15 Å². The Balaban J connectivity index is 2.15. The average Bonchev–Trinajstić information content (AvgIpc) is 2.55. The lowest BCUT2D eigenvalue weighted by Crippen LogP contribution is -1.85. The molecule has 1 aromatic rings. The van der Waals surface area contributed by atoms with Crippen LogP contribution in [0.15, 0.2) is 6.07 Å². The molecule has 0 atom stereocenters. The molecular formula is C8H10ClNS. The van der Waals surface area contributed by atoms with E-state index in [9.17, 15) is 0 Å². The summed E-state index contributed by atoms with van der Waals surface area (Å²) < 4.78 is 4.07. The molecule has 1 aliphatic rings. The fourth-order valence-corrected chi connectivity index (χ4v) is 2.75. The molecule has 1 nitrogen and oxygen atoms in total. The van der Waals surface area contributed by atoms with Gasteiger partial charge < -0.3 is 0 Å². The number of halogens is 1. The van der Waals surface area contributed by atoms with Crippen LogP contribution in [0.3, 0.4) is 0 Å². The Morgan fingerprint density at radius 3 is 2.73 bits per heavy atom. The predicted molar refractivity (Wildman–Crippen MR) is 48.3 cm³/mol. The van der Waals surface area contributed by atoms with E-state index in [1.54, 1.807) is 11.5 Å². The van der Waals surface area contributed by atoms with E-state index in [1.165, 1.54) is 30.6 Å². The molecule has 3 heteroatoms. The number of hydrogen-bond donors (Lipinski definition) is 0. The standard InChI is InChI=1S/C8H10ClNS/c9-8-5-7(11-10-8)6-3-1-2-4-6/h5-6H,1-4H2. The molecule has 0 radical (unpaired) electrons. The molecule has 1 heterocycles. The lowest BCUT2D eigenvalue weighted by atomic mass is 10.1. The maximum Gasteiger partial charge on any atom is 0.143 e. The van der Waals surface area contributed by atoms with E-state index in [-0.39, 0.29) is 0 Å². The van der Waals surface area contributed by atoms with Crippen molar-refractivity contribution < 1.29 is 0 Å². The predicted octanol–water partition coefficient (Wildman–Crippen LogP) is 3.45. The summed E-state index contributed by atoms with van der Waals surface area (Å²) in [6, 6.07) is 2.02. The second-order valence-corrected chi connectivity index (χ2v) is 4.26. The molecule has 0 saturated heterocycles.